The fourth-order valence-electron chi connectivity index (χ4n) is 3.45. The molecule has 3 aromatic rings. The van der Waals surface area contributed by atoms with Gasteiger partial charge >= 0.3 is 7.82 Å². The van der Waals surface area contributed by atoms with Gasteiger partial charge in [-0.2, -0.15) is 0 Å². The molecule has 1 fully saturated rings. The van der Waals surface area contributed by atoms with Gasteiger partial charge in [0.05, 0.1) is 12.9 Å². The number of imidazole rings is 1. The predicted molar refractivity (Wildman–Crippen MR) is 106 cm³/mol. The Morgan fingerprint density at radius 2 is 1.90 bits per heavy atom. The van der Waals surface area contributed by atoms with Crippen LogP contribution in [0.5, 0.6) is 0 Å². The minimum atomic E-state index is -4.78. The lowest BCUT2D eigenvalue weighted by Gasteiger charge is -2.16. The van der Waals surface area contributed by atoms with E-state index in [-0.39, 0.29) is 11.2 Å². The van der Waals surface area contributed by atoms with E-state index in [2.05, 4.69) is 19.5 Å². The number of fused-ring (bicyclic) bond motifs is 1. The van der Waals surface area contributed by atoms with Crippen LogP contribution in [0.1, 0.15) is 17.6 Å². The standard InChI is InChI=1S/C18H21N4O8P/c23-14-11(8-29-31(26,27)28)30-18(15(14)24)22-9-19-13-16(22)20-12(21-17(13)25)7-6-10-4-2-1-3-5-10/h1-5,9,11,14-15,18,23-24H,6-8H2,(H,20,21,25)(H2,26,27,28)/t11-,14-,15-,18?/m0/s1. The number of hydrogen-bond acceptors (Lipinski definition) is 8. The second-order valence-electron chi connectivity index (χ2n) is 7.15. The van der Waals surface area contributed by atoms with Crippen molar-refractivity contribution in [2.45, 2.75) is 37.4 Å². The number of aliphatic hydroxyl groups excluding tert-OH is 2. The molecular formula is C18H21N4O8P. The fourth-order valence-corrected chi connectivity index (χ4v) is 3.79. The summed E-state index contributed by atoms with van der Waals surface area (Å²) in [6.07, 6.45) is -2.97. The Hall–Kier alpha value is -2.44. The van der Waals surface area contributed by atoms with Gasteiger partial charge in [0.1, 0.15) is 24.1 Å². The first kappa shape index (κ1) is 21.8. The van der Waals surface area contributed by atoms with Crippen molar-refractivity contribution in [2.24, 2.45) is 0 Å². The predicted octanol–water partition coefficient (Wildman–Crippen LogP) is -0.367. The molecule has 0 spiro atoms. The number of aliphatic hydroxyl groups is 2. The first-order chi connectivity index (χ1) is 14.7. The third-order valence-electron chi connectivity index (χ3n) is 4.99. The molecule has 0 bridgehead atoms. The van der Waals surface area contributed by atoms with Crippen molar-refractivity contribution in [1.29, 1.82) is 0 Å². The van der Waals surface area contributed by atoms with Crippen molar-refractivity contribution in [3.8, 4) is 0 Å². The van der Waals surface area contributed by atoms with Gasteiger partial charge in [-0.3, -0.25) is 13.9 Å². The van der Waals surface area contributed by atoms with Crippen LogP contribution in [0.2, 0.25) is 0 Å². The van der Waals surface area contributed by atoms with Crippen molar-refractivity contribution >= 4 is 19.0 Å². The van der Waals surface area contributed by atoms with Gasteiger partial charge < -0.3 is 29.7 Å². The number of benzene rings is 1. The minimum absolute atomic E-state index is 0.0312. The maximum Gasteiger partial charge on any atom is 0.469 e. The highest BCUT2D eigenvalue weighted by atomic mass is 31.2. The topological polar surface area (TPSA) is 180 Å². The molecule has 0 amide bonds. The van der Waals surface area contributed by atoms with Gasteiger partial charge in [0.25, 0.3) is 5.56 Å². The number of phosphoric ester groups is 1. The van der Waals surface area contributed by atoms with E-state index >= 15 is 0 Å². The van der Waals surface area contributed by atoms with E-state index < -0.39 is 44.5 Å². The first-order valence-electron chi connectivity index (χ1n) is 9.44. The number of phosphoric acid groups is 1. The Kier molecular flexibility index (Phi) is 6.04. The molecule has 13 heteroatoms. The molecule has 1 aliphatic heterocycles. The molecule has 4 atom stereocenters. The van der Waals surface area contributed by atoms with Gasteiger partial charge in [-0.05, 0) is 12.0 Å². The Labute approximate surface area is 175 Å². The van der Waals surface area contributed by atoms with Crippen LogP contribution >= 0.6 is 7.82 Å². The molecule has 31 heavy (non-hydrogen) atoms. The molecule has 12 nitrogen and oxygen atoms in total. The summed E-state index contributed by atoms with van der Waals surface area (Å²) in [6, 6.07) is 9.67. The van der Waals surface area contributed by atoms with Crippen LogP contribution in [0.4, 0.5) is 0 Å². The summed E-state index contributed by atoms with van der Waals surface area (Å²) in [4.78, 5) is 41.3. The van der Waals surface area contributed by atoms with Gasteiger partial charge in [0, 0.05) is 6.42 Å². The number of aryl methyl sites for hydroxylation is 2. The molecule has 0 radical (unpaired) electrons. The molecule has 3 heterocycles. The molecule has 1 saturated heterocycles. The number of ether oxygens (including phenoxy) is 1. The molecule has 1 aromatic carbocycles. The summed E-state index contributed by atoms with van der Waals surface area (Å²) in [7, 11) is -4.78. The maximum absolute atomic E-state index is 12.4. The summed E-state index contributed by atoms with van der Waals surface area (Å²) in [5, 5.41) is 20.6. The number of nitrogens with one attached hydrogen (secondary N) is 1. The van der Waals surface area contributed by atoms with Crippen LogP contribution in [-0.4, -0.2) is 64.4 Å². The van der Waals surface area contributed by atoms with Crippen LogP contribution in [0.15, 0.2) is 41.5 Å². The summed E-state index contributed by atoms with van der Waals surface area (Å²) in [5.41, 5.74) is 0.800. The number of aromatic amines is 1. The molecule has 4 rings (SSSR count). The van der Waals surface area contributed by atoms with Crippen molar-refractivity contribution in [3.63, 3.8) is 0 Å². The maximum atomic E-state index is 12.4. The number of hydrogen-bond donors (Lipinski definition) is 5. The smallest absolute Gasteiger partial charge is 0.387 e. The molecule has 1 aliphatic rings. The number of H-pyrrole nitrogens is 1. The lowest BCUT2D eigenvalue weighted by molar-refractivity contribution is -0.0504. The molecule has 0 aliphatic carbocycles. The number of aromatic nitrogens is 4. The van der Waals surface area contributed by atoms with Crippen LogP contribution < -0.4 is 5.56 Å². The second-order valence-corrected chi connectivity index (χ2v) is 8.39. The fraction of sp³-hybridized carbons (Fsp3) is 0.389. The zero-order chi connectivity index (χ0) is 22.2. The Morgan fingerprint density at radius 3 is 2.61 bits per heavy atom. The van der Waals surface area contributed by atoms with E-state index in [1.54, 1.807) is 0 Å². The SMILES string of the molecule is O=c1[nH]c(CCc2ccccc2)nc2c1ncn2C1O[C@@H](COP(=O)(O)O)[C@H](O)[C@@H]1O. The molecule has 2 aromatic heterocycles. The normalized spacial score (nSPS) is 24.1. The van der Waals surface area contributed by atoms with Gasteiger partial charge in [-0.25, -0.2) is 14.5 Å². The summed E-state index contributed by atoms with van der Waals surface area (Å²) in [5.74, 6) is 0.414. The average molecular weight is 452 g/mol. The van der Waals surface area contributed by atoms with E-state index in [9.17, 15) is 19.6 Å². The quantitative estimate of drug-likeness (QED) is 0.297. The zero-order valence-corrected chi connectivity index (χ0v) is 17.0. The molecule has 0 saturated carbocycles. The highest BCUT2D eigenvalue weighted by molar-refractivity contribution is 7.46. The van der Waals surface area contributed by atoms with Crippen molar-refractivity contribution in [3.05, 3.63) is 58.4 Å². The largest absolute Gasteiger partial charge is 0.469 e. The van der Waals surface area contributed by atoms with Gasteiger partial charge in [0.2, 0.25) is 0 Å². The molecule has 166 valence electrons. The molecular weight excluding hydrogens is 431 g/mol. The summed E-state index contributed by atoms with van der Waals surface area (Å²) < 4.78 is 22.1. The zero-order valence-electron chi connectivity index (χ0n) is 16.1. The Morgan fingerprint density at radius 1 is 1.16 bits per heavy atom. The monoisotopic (exact) mass is 452 g/mol. The number of rotatable bonds is 7. The van der Waals surface area contributed by atoms with Gasteiger partial charge in [-0.1, -0.05) is 30.3 Å². The van der Waals surface area contributed by atoms with Crippen molar-refractivity contribution < 1.29 is 33.8 Å². The highest BCUT2D eigenvalue weighted by Crippen LogP contribution is 2.38. The third kappa shape index (κ3) is 4.75. The lowest BCUT2D eigenvalue weighted by atomic mass is 10.1. The van der Waals surface area contributed by atoms with Crippen LogP contribution in [-0.2, 0) is 26.7 Å². The van der Waals surface area contributed by atoms with Crippen LogP contribution in [0.25, 0.3) is 11.2 Å². The van der Waals surface area contributed by atoms with Gasteiger partial charge in [-0.15, -0.1) is 0 Å². The van der Waals surface area contributed by atoms with E-state index in [0.717, 1.165) is 5.56 Å². The summed E-state index contributed by atoms with van der Waals surface area (Å²) >= 11 is 0. The third-order valence-corrected chi connectivity index (χ3v) is 5.48. The lowest BCUT2D eigenvalue weighted by Crippen LogP contribution is -2.33. The molecule has 5 N–H and O–H groups in total. The number of nitrogens with zero attached hydrogens (tertiary/aromatic N) is 3. The van der Waals surface area contributed by atoms with E-state index in [0.29, 0.717) is 18.7 Å². The van der Waals surface area contributed by atoms with Gasteiger partial charge in [0.15, 0.2) is 17.4 Å². The Bertz CT molecular complexity index is 1160. The van der Waals surface area contributed by atoms with E-state index in [4.69, 9.17) is 14.5 Å². The first-order valence-corrected chi connectivity index (χ1v) is 11.0. The van der Waals surface area contributed by atoms with Crippen LogP contribution in [0, 0.1) is 0 Å². The van der Waals surface area contributed by atoms with E-state index in [1.165, 1.54) is 10.9 Å². The second kappa shape index (κ2) is 8.60. The summed E-state index contributed by atoms with van der Waals surface area (Å²) in [6.45, 7) is -0.637. The van der Waals surface area contributed by atoms with E-state index in [1.807, 2.05) is 30.3 Å². The minimum Gasteiger partial charge on any atom is -0.387 e. The van der Waals surface area contributed by atoms with Crippen molar-refractivity contribution in [2.75, 3.05) is 6.61 Å². The van der Waals surface area contributed by atoms with Crippen LogP contribution in [0.3, 0.4) is 0 Å². The Balaban J connectivity index is 1.58. The molecule has 1 unspecified atom stereocenters. The van der Waals surface area contributed by atoms with Crippen molar-refractivity contribution in [1.82, 2.24) is 19.5 Å². The average Bonchev–Trinajstić information content (AvgIpc) is 3.27. The highest BCUT2D eigenvalue weighted by Gasteiger charge is 2.45.